The summed E-state index contributed by atoms with van der Waals surface area (Å²) in [5, 5.41) is 0. The van der Waals surface area contributed by atoms with Crippen LogP contribution in [0.25, 0.3) is 0 Å². The van der Waals surface area contributed by atoms with E-state index < -0.39 is 0 Å². The van der Waals surface area contributed by atoms with E-state index in [0.29, 0.717) is 6.42 Å². The number of hydrogen-bond acceptors (Lipinski definition) is 2. The number of halogens is 1. The Morgan fingerprint density at radius 3 is 2.68 bits per heavy atom. The zero-order valence-corrected chi connectivity index (χ0v) is 13.2. The molecule has 0 fully saturated rings. The fraction of sp³-hybridized carbons (Fsp3) is 0.438. The fourth-order valence-corrected chi connectivity index (χ4v) is 3.13. The lowest BCUT2D eigenvalue weighted by Gasteiger charge is -2.29. The highest BCUT2D eigenvalue weighted by Gasteiger charge is 2.27. The molecule has 0 saturated heterocycles. The maximum atomic E-state index is 11.8. The highest BCUT2D eigenvalue weighted by molar-refractivity contribution is 9.10. The average molecular weight is 323 g/mol. The molecular weight excluding hydrogens is 304 g/mol. The summed E-state index contributed by atoms with van der Waals surface area (Å²) in [5.41, 5.74) is 2.38. The SMILES string of the molecule is COc1ccc(Br)cc1CC1=CC(=O)CC(C)(C)C1. The Balaban J connectivity index is 2.26. The average Bonchev–Trinajstić information content (AvgIpc) is 2.26. The highest BCUT2D eigenvalue weighted by atomic mass is 79.9. The number of hydrogen-bond donors (Lipinski definition) is 0. The molecule has 1 aliphatic rings. The van der Waals surface area contributed by atoms with Gasteiger partial charge in [-0.1, -0.05) is 35.4 Å². The third-order valence-electron chi connectivity index (χ3n) is 3.38. The Labute approximate surface area is 123 Å². The minimum atomic E-state index is 0.0699. The first-order valence-electron chi connectivity index (χ1n) is 6.44. The maximum Gasteiger partial charge on any atom is 0.156 e. The molecule has 0 aliphatic heterocycles. The Morgan fingerprint density at radius 1 is 1.32 bits per heavy atom. The van der Waals surface area contributed by atoms with E-state index in [4.69, 9.17) is 4.74 Å². The predicted molar refractivity (Wildman–Crippen MR) is 80.5 cm³/mol. The normalized spacial score (nSPS) is 18.1. The summed E-state index contributed by atoms with van der Waals surface area (Å²) in [7, 11) is 1.68. The van der Waals surface area contributed by atoms with Crippen LogP contribution in [0.3, 0.4) is 0 Å². The summed E-state index contributed by atoms with van der Waals surface area (Å²) in [4.78, 5) is 11.8. The van der Waals surface area contributed by atoms with Crippen LogP contribution in [0.4, 0.5) is 0 Å². The van der Waals surface area contributed by atoms with Crippen LogP contribution < -0.4 is 4.74 Å². The van der Waals surface area contributed by atoms with Gasteiger partial charge in [0.1, 0.15) is 5.75 Å². The van der Waals surface area contributed by atoms with Gasteiger partial charge in [-0.3, -0.25) is 4.79 Å². The number of carbonyl (C=O) groups is 1. The molecule has 0 aromatic heterocycles. The lowest BCUT2D eigenvalue weighted by Crippen LogP contribution is -2.22. The smallest absolute Gasteiger partial charge is 0.156 e. The van der Waals surface area contributed by atoms with E-state index in [9.17, 15) is 4.79 Å². The molecule has 0 spiro atoms. The van der Waals surface area contributed by atoms with Crippen molar-refractivity contribution < 1.29 is 9.53 Å². The largest absolute Gasteiger partial charge is 0.496 e. The summed E-state index contributed by atoms with van der Waals surface area (Å²) in [6.45, 7) is 4.30. The van der Waals surface area contributed by atoms with Gasteiger partial charge in [0.2, 0.25) is 0 Å². The zero-order chi connectivity index (χ0) is 14.0. The highest BCUT2D eigenvalue weighted by Crippen LogP contribution is 2.36. The lowest BCUT2D eigenvalue weighted by atomic mass is 9.75. The van der Waals surface area contributed by atoms with Crippen molar-refractivity contribution in [1.82, 2.24) is 0 Å². The van der Waals surface area contributed by atoms with Gasteiger partial charge in [0, 0.05) is 10.9 Å². The number of methoxy groups -OCH3 is 1. The van der Waals surface area contributed by atoms with Gasteiger partial charge >= 0.3 is 0 Å². The van der Waals surface area contributed by atoms with E-state index in [-0.39, 0.29) is 11.2 Å². The van der Waals surface area contributed by atoms with Crippen LogP contribution in [-0.2, 0) is 11.2 Å². The summed E-state index contributed by atoms with van der Waals surface area (Å²) in [6, 6.07) is 5.98. The van der Waals surface area contributed by atoms with E-state index in [2.05, 4.69) is 35.8 Å². The molecule has 2 nitrogen and oxygen atoms in total. The molecule has 1 aromatic rings. The molecule has 19 heavy (non-hydrogen) atoms. The van der Waals surface area contributed by atoms with Crippen LogP contribution in [0.2, 0.25) is 0 Å². The number of allylic oxidation sites excluding steroid dienone is 2. The third-order valence-corrected chi connectivity index (χ3v) is 3.88. The number of ether oxygens (including phenoxy) is 1. The number of ketones is 1. The van der Waals surface area contributed by atoms with E-state index in [1.54, 1.807) is 7.11 Å². The van der Waals surface area contributed by atoms with E-state index in [0.717, 1.165) is 28.6 Å². The van der Waals surface area contributed by atoms with Crippen molar-refractivity contribution >= 4 is 21.7 Å². The monoisotopic (exact) mass is 322 g/mol. The molecule has 3 heteroatoms. The van der Waals surface area contributed by atoms with Crippen LogP contribution in [-0.4, -0.2) is 12.9 Å². The summed E-state index contributed by atoms with van der Waals surface area (Å²) < 4.78 is 6.42. The first-order valence-corrected chi connectivity index (χ1v) is 7.24. The van der Waals surface area contributed by atoms with Gasteiger partial charge < -0.3 is 4.74 Å². The second-order valence-corrected chi connectivity index (χ2v) is 6.84. The van der Waals surface area contributed by atoms with Gasteiger partial charge in [0.25, 0.3) is 0 Å². The molecule has 0 atom stereocenters. The second-order valence-electron chi connectivity index (χ2n) is 5.92. The topological polar surface area (TPSA) is 26.3 Å². The molecular formula is C16H19BrO2. The Kier molecular flexibility index (Phi) is 4.14. The molecule has 0 N–H and O–H groups in total. The van der Waals surface area contributed by atoms with Crippen LogP contribution in [0.1, 0.15) is 32.3 Å². The van der Waals surface area contributed by atoms with Crippen molar-refractivity contribution in [2.24, 2.45) is 5.41 Å². The van der Waals surface area contributed by atoms with E-state index in [1.165, 1.54) is 5.57 Å². The molecule has 0 unspecified atom stereocenters. The van der Waals surface area contributed by atoms with Crippen molar-refractivity contribution in [3.8, 4) is 5.75 Å². The van der Waals surface area contributed by atoms with Gasteiger partial charge in [-0.15, -0.1) is 0 Å². The van der Waals surface area contributed by atoms with Crippen LogP contribution in [0.5, 0.6) is 5.75 Å². The van der Waals surface area contributed by atoms with E-state index >= 15 is 0 Å². The zero-order valence-electron chi connectivity index (χ0n) is 11.6. The first-order chi connectivity index (χ1) is 8.89. The van der Waals surface area contributed by atoms with Gasteiger partial charge in [0.05, 0.1) is 7.11 Å². The van der Waals surface area contributed by atoms with Gasteiger partial charge in [-0.05, 0) is 48.1 Å². The van der Waals surface area contributed by atoms with Crippen molar-refractivity contribution in [2.45, 2.75) is 33.1 Å². The van der Waals surface area contributed by atoms with Crippen LogP contribution in [0.15, 0.2) is 34.3 Å². The summed E-state index contributed by atoms with van der Waals surface area (Å²) in [6.07, 6.45) is 4.20. The molecule has 102 valence electrons. The summed E-state index contributed by atoms with van der Waals surface area (Å²) in [5.74, 6) is 1.11. The number of benzene rings is 1. The third kappa shape index (κ3) is 3.69. The minimum Gasteiger partial charge on any atom is -0.496 e. The molecule has 0 heterocycles. The molecule has 2 rings (SSSR count). The predicted octanol–water partition coefficient (Wildman–Crippen LogP) is 4.32. The number of rotatable bonds is 3. The van der Waals surface area contributed by atoms with E-state index in [1.807, 2.05) is 18.2 Å². The Morgan fingerprint density at radius 2 is 2.05 bits per heavy atom. The quantitative estimate of drug-likeness (QED) is 0.828. The van der Waals surface area contributed by atoms with Gasteiger partial charge in [-0.25, -0.2) is 0 Å². The van der Waals surface area contributed by atoms with Crippen LogP contribution >= 0.6 is 15.9 Å². The Bertz CT molecular complexity index is 530. The Hall–Kier alpha value is -1.09. The van der Waals surface area contributed by atoms with Crippen LogP contribution in [0, 0.1) is 5.41 Å². The van der Waals surface area contributed by atoms with Crippen molar-refractivity contribution in [3.63, 3.8) is 0 Å². The van der Waals surface area contributed by atoms with Crippen molar-refractivity contribution in [2.75, 3.05) is 7.11 Å². The molecule has 0 radical (unpaired) electrons. The second kappa shape index (κ2) is 5.49. The van der Waals surface area contributed by atoms with Crippen molar-refractivity contribution in [1.29, 1.82) is 0 Å². The minimum absolute atomic E-state index is 0.0699. The first kappa shape index (κ1) is 14.3. The molecule has 0 bridgehead atoms. The van der Waals surface area contributed by atoms with Crippen molar-refractivity contribution in [3.05, 3.63) is 39.9 Å². The standard InChI is InChI=1S/C16H19BrO2/c1-16(2)9-11(7-14(18)10-16)6-12-8-13(17)4-5-15(12)19-3/h4-5,7-8H,6,9-10H2,1-3H3. The van der Waals surface area contributed by atoms with Gasteiger partial charge in [0.15, 0.2) is 5.78 Å². The molecule has 1 aromatic carbocycles. The fourth-order valence-electron chi connectivity index (χ4n) is 2.72. The molecule has 0 amide bonds. The summed E-state index contributed by atoms with van der Waals surface area (Å²) >= 11 is 3.48. The lowest BCUT2D eigenvalue weighted by molar-refractivity contribution is -0.117. The van der Waals surface area contributed by atoms with Gasteiger partial charge in [-0.2, -0.15) is 0 Å². The molecule has 0 saturated carbocycles. The maximum absolute atomic E-state index is 11.8. The number of carbonyl (C=O) groups excluding carboxylic acids is 1. The molecule has 1 aliphatic carbocycles.